The first-order valence-corrected chi connectivity index (χ1v) is 10.3. The Morgan fingerprint density at radius 3 is 2.67 bits per heavy atom. The van der Waals surface area contributed by atoms with E-state index in [2.05, 4.69) is 22.3 Å². The third-order valence-electron chi connectivity index (χ3n) is 5.64. The summed E-state index contributed by atoms with van der Waals surface area (Å²) in [4.78, 5) is 15.1. The minimum atomic E-state index is -0.00922. The first-order chi connectivity index (χ1) is 14.6. The van der Waals surface area contributed by atoms with E-state index in [9.17, 15) is 4.79 Å². The Balaban J connectivity index is 1.44. The van der Waals surface area contributed by atoms with Gasteiger partial charge in [-0.05, 0) is 36.2 Å². The van der Waals surface area contributed by atoms with Crippen molar-refractivity contribution in [2.45, 2.75) is 19.4 Å². The highest BCUT2D eigenvalue weighted by atomic mass is 16.5. The molecule has 2 aromatic carbocycles. The number of methoxy groups -OCH3 is 1. The highest BCUT2D eigenvalue weighted by molar-refractivity contribution is 5.87. The number of rotatable bonds is 7. The van der Waals surface area contributed by atoms with Crippen molar-refractivity contribution in [1.82, 2.24) is 10.2 Å². The van der Waals surface area contributed by atoms with E-state index < -0.39 is 0 Å². The Morgan fingerprint density at radius 2 is 1.93 bits per heavy atom. The summed E-state index contributed by atoms with van der Waals surface area (Å²) >= 11 is 0. The van der Waals surface area contributed by atoms with Gasteiger partial charge in [-0.2, -0.15) is 0 Å². The van der Waals surface area contributed by atoms with E-state index in [-0.39, 0.29) is 11.9 Å². The lowest BCUT2D eigenvalue weighted by Crippen LogP contribution is -2.44. The van der Waals surface area contributed by atoms with Gasteiger partial charge in [0.15, 0.2) is 0 Å². The highest BCUT2D eigenvalue weighted by Crippen LogP contribution is 2.25. The fraction of sp³-hybridized carbons (Fsp3) is 0.375. The first-order valence-electron chi connectivity index (χ1n) is 10.3. The fourth-order valence-electron chi connectivity index (χ4n) is 3.95. The Hall–Kier alpha value is -2.83. The van der Waals surface area contributed by atoms with Crippen LogP contribution in [0.2, 0.25) is 0 Å². The average Bonchev–Trinajstić information content (AvgIpc) is 3.16. The van der Waals surface area contributed by atoms with Crippen LogP contribution >= 0.6 is 0 Å². The van der Waals surface area contributed by atoms with Crippen molar-refractivity contribution < 1.29 is 18.7 Å². The standard InChI is InChI=1S/C24H28N2O4/c1-17-3-8-21-19(16-30-23(21)13-17)14-24(27)25-15-22(26-9-11-29-12-10-26)18-4-6-20(28-2)7-5-18/h3-8,13,16,22H,9-12,14-15H2,1-2H3,(H,25,27). The van der Waals surface area contributed by atoms with Crippen molar-refractivity contribution in [3.63, 3.8) is 0 Å². The highest BCUT2D eigenvalue weighted by Gasteiger charge is 2.23. The lowest BCUT2D eigenvalue weighted by Gasteiger charge is -2.35. The largest absolute Gasteiger partial charge is 0.497 e. The van der Waals surface area contributed by atoms with Crippen molar-refractivity contribution in [2.75, 3.05) is 40.0 Å². The second-order valence-corrected chi connectivity index (χ2v) is 7.68. The minimum Gasteiger partial charge on any atom is -0.497 e. The van der Waals surface area contributed by atoms with Crippen LogP contribution in [0.15, 0.2) is 53.1 Å². The number of carbonyl (C=O) groups is 1. The van der Waals surface area contributed by atoms with Gasteiger partial charge >= 0.3 is 0 Å². The fourth-order valence-corrected chi connectivity index (χ4v) is 3.95. The van der Waals surface area contributed by atoms with Crippen molar-refractivity contribution in [1.29, 1.82) is 0 Å². The van der Waals surface area contributed by atoms with Gasteiger partial charge in [-0.1, -0.05) is 24.3 Å². The number of morpholine rings is 1. The Morgan fingerprint density at radius 1 is 1.17 bits per heavy atom. The van der Waals surface area contributed by atoms with Crippen LogP contribution in [-0.4, -0.2) is 50.8 Å². The maximum atomic E-state index is 12.7. The molecule has 6 nitrogen and oxygen atoms in total. The lowest BCUT2D eigenvalue weighted by atomic mass is 10.0. The molecule has 1 fully saturated rings. The molecule has 0 bridgehead atoms. The third-order valence-corrected chi connectivity index (χ3v) is 5.64. The van der Waals surface area contributed by atoms with Crippen molar-refractivity contribution in [2.24, 2.45) is 0 Å². The Bertz CT molecular complexity index is 990. The van der Waals surface area contributed by atoms with Gasteiger partial charge in [0.1, 0.15) is 11.3 Å². The molecule has 1 aliphatic heterocycles. The normalized spacial score (nSPS) is 15.8. The minimum absolute atomic E-state index is 0.00922. The second-order valence-electron chi connectivity index (χ2n) is 7.68. The van der Waals surface area contributed by atoms with Gasteiger partial charge in [-0.15, -0.1) is 0 Å². The van der Waals surface area contributed by atoms with Gasteiger partial charge in [-0.3, -0.25) is 9.69 Å². The van der Waals surface area contributed by atoms with Crippen LogP contribution in [-0.2, 0) is 16.0 Å². The average molecular weight is 408 g/mol. The number of hydrogen-bond acceptors (Lipinski definition) is 5. The summed E-state index contributed by atoms with van der Waals surface area (Å²) in [5, 5.41) is 4.12. The van der Waals surface area contributed by atoms with Crippen LogP contribution < -0.4 is 10.1 Å². The zero-order valence-corrected chi connectivity index (χ0v) is 17.5. The van der Waals surface area contributed by atoms with E-state index in [0.29, 0.717) is 26.2 Å². The number of carbonyl (C=O) groups excluding carboxylic acids is 1. The van der Waals surface area contributed by atoms with Crippen LogP contribution in [0, 0.1) is 6.92 Å². The number of fused-ring (bicyclic) bond motifs is 1. The summed E-state index contributed by atoms with van der Waals surface area (Å²) in [6, 6.07) is 14.2. The number of nitrogens with one attached hydrogen (secondary N) is 1. The van der Waals surface area contributed by atoms with Crippen LogP contribution in [0.25, 0.3) is 11.0 Å². The molecule has 1 aromatic heterocycles. The molecule has 0 saturated carbocycles. The van der Waals surface area contributed by atoms with Crippen LogP contribution in [0.5, 0.6) is 5.75 Å². The smallest absolute Gasteiger partial charge is 0.224 e. The molecular formula is C24H28N2O4. The number of furan rings is 1. The van der Waals surface area contributed by atoms with Gasteiger partial charge in [0, 0.05) is 30.6 Å². The molecule has 158 valence electrons. The maximum Gasteiger partial charge on any atom is 0.224 e. The molecule has 0 radical (unpaired) electrons. The van der Waals surface area contributed by atoms with E-state index in [1.54, 1.807) is 13.4 Å². The van der Waals surface area contributed by atoms with Crippen molar-refractivity contribution in [3.8, 4) is 5.75 Å². The zero-order chi connectivity index (χ0) is 20.9. The molecule has 1 saturated heterocycles. The van der Waals surface area contributed by atoms with E-state index in [1.807, 2.05) is 37.3 Å². The molecule has 0 aliphatic carbocycles. The predicted molar refractivity (Wildman–Crippen MR) is 116 cm³/mol. The topological polar surface area (TPSA) is 63.9 Å². The van der Waals surface area contributed by atoms with Gasteiger partial charge in [0.2, 0.25) is 5.91 Å². The molecule has 0 spiro atoms. The van der Waals surface area contributed by atoms with Gasteiger partial charge in [0.25, 0.3) is 0 Å². The molecular weight excluding hydrogens is 380 g/mol. The number of benzene rings is 2. The van der Waals surface area contributed by atoms with E-state index in [4.69, 9.17) is 13.9 Å². The summed E-state index contributed by atoms with van der Waals surface area (Å²) in [5.41, 5.74) is 4.03. The summed E-state index contributed by atoms with van der Waals surface area (Å²) in [6.07, 6.45) is 1.99. The molecule has 30 heavy (non-hydrogen) atoms. The quantitative estimate of drug-likeness (QED) is 0.648. The van der Waals surface area contributed by atoms with Crippen molar-refractivity contribution in [3.05, 3.63) is 65.4 Å². The number of nitrogens with zero attached hydrogens (tertiary/aromatic N) is 1. The SMILES string of the molecule is COc1ccc(C(CNC(=O)Cc2coc3cc(C)ccc23)N2CCOCC2)cc1. The summed E-state index contributed by atoms with van der Waals surface area (Å²) in [5.74, 6) is 0.815. The molecule has 1 atom stereocenters. The van der Waals surface area contributed by atoms with Gasteiger partial charge in [0.05, 0.1) is 39.0 Å². The summed E-state index contributed by atoms with van der Waals surface area (Å²) in [7, 11) is 1.66. The first kappa shape index (κ1) is 20.4. The molecule has 1 aliphatic rings. The summed E-state index contributed by atoms with van der Waals surface area (Å²) < 4.78 is 16.4. The lowest BCUT2D eigenvalue weighted by molar-refractivity contribution is -0.120. The van der Waals surface area contributed by atoms with Gasteiger partial charge in [-0.25, -0.2) is 0 Å². The number of aryl methyl sites for hydroxylation is 1. The van der Waals surface area contributed by atoms with Crippen LogP contribution in [0.4, 0.5) is 0 Å². The number of ether oxygens (including phenoxy) is 2. The third kappa shape index (κ3) is 4.66. The molecule has 2 heterocycles. The maximum absolute atomic E-state index is 12.7. The Kier molecular flexibility index (Phi) is 6.35. The molecule has 3 aromatic rings. The molecule has 6 heteroatoms. The van der Waals surface area contributed by atoms with E-state index in [0.717, 1.165) is 46.5 Å². The molecule has 1 N–H and O–H groups in total. The molecule has 4 rings (SSSR count). The van der Waals surface area contributed by atoms with E-state index in [1.165, 1.54) is 0 Å². The van der Waals surface area contributed by atoms with Crippen molar-refractivity contribution >= 4 is 16.9 Å². The molecule has 1 unspecified atom stereocenters. The number of amides is 1. The summed E-state index contributed by atoms with van der Waals surface area (Å²) in [6.45, 7) is 5.68. The van der Waals surface area contributed by atoms with Crippen LogP contribution in [0.1, 0.15) is 22.7 Å². The zero-order valence-electron chi connectivity index (χ0n) is 17.5. The second kappa shape index (κ2) is 9.32. The Labute approximate surface area is 176 Å². The van der Waals surface area contributed by atoms with Crippen LogP contribution in [0.3, 0.4) is 0 Å². The monoisotopic (exact) mass is 408 g/mol. The van der Waals surface area contributed by atoms with E-state index >= 15 is 0 Å². The predicted octanol–water partition coefficient (Wildman–Crippen LogP) is 3.48. The number of hydrogen-bond donors (Lipinski definition) is 1. The molecule has 1 amide bonds. The van der Waals surface area contributed by atoms with Gasteiger partial charge < -0.3 is 19.2 Å².